The molecule has 2 aliphatic rings. The fourth-order valence-corrected chi connectivity index (χ4v) is 3.54. The zero-order chi connectivity index (χ0) is 14.7. The van der Waals surface area contributed by atoms with E-state index in [1.165, 1.54) is 49.7 Å². The van der Waals surface area contributed by atoms with E-state index < -0.39 is 0 Å². The molecule has 21 heavy (non-hydrogen) atoms. The van der Waals surface area contributed by atoms with Crippen LogP contribution in [0.5, 0.6) is 5.75 Å². The van der Waals surface area contributed by atoms with Crippen LogP contribution in [0.2, 0.25) is 0 Å². The summed E-state index contributed by atoms with van der Waals surface area (Å²) in [5.41, 5.74) is 10.0. The van der Waals surface area contributed by atoms with Gasteiger partial charge in [0.05, 0.1) is 7.11 Å². The lowest BCUT2D eigenvalue weighted by molar-refractivity contribution is 0.413. The molecule has 112 valence electrons. The molecule has 0 radical (unpaired) electrons. The highest BCUT2D eigenvalue weighted by Gasteiger charge is 2.21. The maximum absolute atomic E-state index is 6.55. The average molecular weight is 283 g/mol. The number of anilines is 1. The van der Waals surface area contributed by atoms with Gasteiger partial charge in [-0.2, -0.15) is 0 Å². The van der Waals surface area contributed by atoms with E-state index >= 15 is 0 Å². The summed E-state index contributed by atoms with van der Waals surface area (Å²) in [7, 11) is 1.74. The van der Waals surface area contributed by atoms with Gasteiger partial charge in [-0.3, -0.25) is 0 Å². The molecule has 2 nitrogen and oxygen atoms in total. The molecular weight excluding hydrogens is 258 g/mol. The Hall–Kier alpha value is -1.70. The van der Waals surface area contributed by atoms with Gasteiger partial charge in [0.25, 0.3) is 0 Å². The van der Waals surface area contributed by atoms with Crippen LogP contribution in [0.1, 0.15) is 61.5 Å². The standard InChI is InChI=1S/C19H25NO/c1-21-16-12-17(14-8-4-2-5-9-14)19(20)18(13-16)15-10-6-3-7-11-15/h4,6,8,10,12-15H,2-3,5,7,9,11,20H2,1H3. The van der Waals surface area contributed by atoms with Gasteiger partial charge in [-0.1, -0.05) is 24.3 Å². The summed E-state index contributed by atoms with van der Waals surface area (Å²) in [5.74, 6) is 1.83. The van der Waals surface area contributed by atoms with Gasteiger partial charge in [-0.15, -0.1) is 0 Å². The topological polar surface area (TPSA) is 35.2 Å². The van der Waals surface area contributed by atoms with Crippen molar-refractivity contribution in [3.05, 3.63) is 47.6 Å². The molecule has 2 unspecified atom stereocenters. The summed E-state index contributed by atoms with van der Waals surface area (Å²) in [6, 6.07) is 4.26. The molecule has 2 N–H and O–H groups in total. The molecule has 3 rings (SSSR count). The van der Waals surface area contributed by atoms with Crippen molar-refractivity contribution in [1.82, 2.24) is 0 Å². The van der Waals surface area contributed by atoms with Gasteiger partial charge in [0.2, 0.25) is 0 Å². The van der Waals surface area contributed by atoms with Gasteiger partial charge in [0, 0.05) is 17.5 Å². The summed E-state index contributed by atoms with van der Waals surface area (Å²) in [4.78, 5) is 0. The number of benzene rings is 1. The van der Waals surface area contributed by atoms with E-state index in [-0.39, 0.29) is 0 Å². The Kier molecular flexibility index (Phi) is 4.33. The lowest BCUT2D eigenvalue weighted by atomic mass is 9.82. The first-order valence-electron chi connectivity index (χ1n) is 8.10. The van der Waals surface area contributed by atoms with Gasteiger partial charge in [-0.05, 0) is 61.8 Å². The minimum atomic E-state index is 0.445. The molecule has 0 saturated carbocycles. The van der Waals surface area contributed by atoms with E-state index in [0.717, 1.165) is 11.4 Å². The van der Waals surface area contributed by atoms with Gasteiger partial charge in [-0.25, -0.2) is 0 Å². The molecular formula is C19H25NO. The van der Waals surface area contributed by atoms with Gasteiger partial charge >= 0.3 is 0 Å². The Morgan fingerprint density at radius 1 is 0.952 bits per heavy atom. The summed E-state index contributed by atoms with van der Waals surface area (Å²) < 4.78 is 5.53. The molecule has 0 aliphatic heterocycles. The number of methoxy groups -OCH3 is 1. The van der Waals surface area contributed by atoms with E-state index in [1.807, 2.05) is 0 Å². The Bertz CT molecular complexity index is 514. The van der Waals surface area contributed by atoms with Crippen LogP contribution in [0.3, 0.4) is 0 Å². The third-order valence-corrected chi connectivity index (χ3v) is 4.76. The lowest BCUT2D eigenvalue weighted by Crippen LogP contribution is -2.10. The molecule has 1 aromatic rings. The van der Waals surface area contributed by atoms with Gasteiger partial charge in [0.15, 0.2) is 0 Å². The van der Waals surface area contributed by atoms with Crippen molar-refractivity contribution in [2.24, 2.45) is 0 Å². The van der Waals surface area contributed by atoms with Crippen molar-refractivity contribution in [2.45, 2.75) is 50.4 Å². The zero-order valence-electron chi connectivity index (χ0n) is 12.8. The van der Waals surface area contributed by atoms with Crippen molar-refractivity contribution in [2.75, 3.05) is 12.8 Å². The summed E-state index contributed by atoms with van der Waals surface area (Å²) in [6.45, 7) is 0. The Labute approximate surface area is 127 Å². The first-order valence-corrected chi connectivity index (χ1v) is 8.10. The molecule has 2 heteroatoms. The van der Waals surface area contributed by atoms with Crippen molar-refractivity contribution in [3.63, 3.8) is 0 Å². The van der Waals surface area contributed by atoms with Crippen molar-refractivity contribution in [3.8, 4) is 5.75 Å². The van der Waals surface area contributed by atoms with Crippen LogP contribution < -0.4 is 10.5 Å². The number of nitrogen functional groups attached to an aromatic ring is 1. The second-order valence-electron chi connectivity index (χ2n) is 6.15. The van der Waals surface area contributed by atoms with Crippen LogP contribution >= 0.6 is 0 Å². The number of hydrogen-bond acceptors (Lipinski definition) is 2. The minimum Gasteiger partial charge on any atom is -0.497 e. The van der Waals surface area contributed by atoms with E-state index in [1.54, 1.807) is 7.11 Å². The van der Waals surface area contributed by atoms with Crippen LogP contribution in [-0.4, -0.2) is 7.11 Å². The fraction of sp³-hybridized carbons (Fsp3) is 0.474. The lowest BCUT2D eigenvalue weighted by Gasteiger charge is -2.25. The van der Waals surface area contributed by atoms with Crippen LogP contribution in [0.25, 0.3) is 0 Å². The van der Waals surface area contributed by atoms with E-state index in [9.17, 15) is 0 Å². The minimum absolute atomic E-state index is 0.445. The molecule has 0 aromatic heterocycles. The van der Waals surface area contributed by atoms with Crippen LogP contribution in [0, 0.1) is 0 Å². The zero-order valence-corrected chi connectivity index (χ0v) is 12.8. The van der Waals surface area contributed by atoms with E-state index in [0.29, 0.717) is 11.8 Å². The fourth-order valence-electron chi connectivity index (χ4n) is 3.54. The monoisotopic (exact) mass is 283 g/mol. The number of hydrogen-bond donors (Lipinski definition) is 1. The van der Waals surface area contributed by atoms with Crippen molar-refractivity contribution >= 4 is 5.69 Å². The number of ether oxygens (including phenoxy) is 1. The molecule has 2 atom stereocenters. The predicted octanol–water partition coefficient (Wildman–Crippen LogP) is 4.92. The predicted molar refractivity (Wildman–Crippen MR) is 88.9 cm³/mol. The molecule has 0 spiro atoms. The smallest absolute Gasteiger partial charge is 0.119 e. The highest BCUT2D eigenvalue weighted by Crippen LogP contribution is 2.40. The summed E-state index contributed by atoms with van der Waals surface area (Å²) in [5, 5.41) is 0. The van der Waals surface area contributed by atoms with Crippen LogP contribution in [0.15, 0.2) is 36.4 Å². The van der Waals surface area contributed by atoms with Crippen molar-refractivity contribution in [1.29, 1.82) is 0 Å². The van der Waals surface area contributed by atoms with Gasteiger partial charge in [0.1, 0.15) is 5.75 Å². The molecule has 0 amide bonds. The normalized spacial score (nSPS) is 25.0. The van der Waals surface area contributed by atoms with E-state index in [2.05, 4.69) is 36.4 Å². The quantitative estimate of drug-likeness (QED) is 0.631. The van der Waals surface area contributed by atoms with Gasteiger partial charge < -0.3 is 10.5 Å². The second-order valence-corrected chi connectivity index (χ2v) is 6.15. The largest absolute Gasteiger partial charge is 0.497 e. The van der Waals surface area contributed by atoms with Crippen LogP contribution in [-0.2, 0) is 0 Å². The highest BCUT2D eigenvalue weighted by atomic mass is 16.5. The first kappa shape index (κ1) is 14.2. The molecule has 0 saturated heterocycles. The number of rotatable bonds is 3. The summed E-state index contributed by atoms with van der Waals surface area (Å²) in [6.07, 6.45) is 16.5. The molecule has 0 fully saturated rings. The molecule has 0 heterocycles. The second kappa shape index (κ2) is 6.38. The first-order chi connectivity index (χ1) is 10.3. The Morgan fingerprint density at radius 2 is 1.48 bits per heavy atom. The maximum Gasteiger partial charge on any atom is 0.119 e. The molecule has 2 aliphatic carbocycles. The highest BCUT2D eigenvalue weighted by molar-refractivity contribution is 5.61. The Balaban J connectivity index is 2.03. The van der Waals surface area contributed by atoms with Crippen molar-refractivity contribution < 1.29 is 4.74 Å². The third kappa shape index (κ3) is 2.99. The maximum atomic E-state index is 6.55. The number of allylic oxidation sites excluding steroid dienone is 4. The molecule has 0 bridgehead atoms. The Morgan fingerprint density at radius 3 is 1.86 bits per heavy atom. The third-order valence-electron chi connectivity index (χ3n) is 4.76. The van der Waals surface area contributed by atoms with E-state index in [4.69, 9.17) is 10.5 Å². The number of nitrogens with two attached hydrogens (primary N) is 1. The SMILES string of the molecule is COc1cc(C2C=CCCC2)c(N)c(C2C=CCCC2)c1. The van der Waals surface area contributed by atoms with Crippen LogP contribution in [0.4, 0.5) is 5.69 Å². The summed E-state index contributed by atoms with van der Waals surface area (Å²) >= 11 is 0. The average Bonchev–Trinajstić information content (AvgIpc) is 2.57. The molecule has 1 aromatic carbocycles.